The molecule has 0 aliphatic rings. The standard InChI is InChI=1S/C17H24O3/c1-3-5-14(12-13(2)18)6-4-7-17(20)15-8-10-16(19)11-9-15/h4,8-11,13,17-20H,3,5,7,12H2,1-2H3/t6?,13-,17+/m0/s1. The van der Waals surface area contributed by atoms with Crippen LogP contribution in [0.4, 0.5) is 0 Å². The Morgan fingerprint density at radius 2 is 1.90 bits per heavy atom. The highest BCUT2D eigenvalue weighted by Crippen LogP contribution is 2.20. The van der Waals surface area contributed by atoms with Crippen LogP contribution in [0, 0.1) is 0 Å². The fourth-order valence-electron chi connectivity index (χ4n) is 2.04. The van der Waals surface area contributed by atoms with Gasteiger partial charge in [0.2, 0.25) is 0 Å². The summed E-state index contributed by atoms with van der Waals surface area (Å²) in [6.45, 7) is 3.86. The van der Waals surface area contributed by atoms with Crippen molar-refractivity contribution in [1.82, 2.24) is 0 Å². The summed E-state index contributed by atoms with van der Waals surface area (Å²) in [5, 5.41) is 28.6. The third-order valence-corrected chi connectivity index (χ3v) is 3.02. The van der Waals surface area contributed by atoms with Crippen molar-refractivity contribution in [3.63, 3.8) is 0 Å². The molecular formula is C17H24O3. The molecule has 0 aromatic heterocycles. The van der Waals surface area contributed by atoms with E-state index in [-0.39, 0.29) is 11.9 Å². The van der Waals surface area contributed by atoms with Crippen molar-refractivity contribution < 1.29 is 15.3 Å². The van der Waals surface area contributed by atoms with Crippen molar-refractivity contribution in [2.45, 2.75) is 51.7 Å². The molecule has 1 aromatic rings. The number of hydrogen-bond acceptors (Lipinski definition) is 3. The molecule has 3 nitrogen and oxygen atoms in total. The summed E-state index contributed by atoms with van der Waals surface area (Å²) in [7, 11) is 0. The summed E-state index contributed by atoms with van der Waals surface area (Å²) < 4.78 is 0. The van der Waals surface area contributed by atoms with Gasteiger partial charge in [-0.15, -0.1) is 5.73 Å². The van der Waals surface area contributed by atoms with Gasteiger partial charge in [0.25, 0.3) is 0 Å². The summed E-state index contributed by atoms with van der Waals surface area (Å²) in [6.07, 6.45) is 3.89. The second-order valence-corrected chi connectivity index (χ2v) is 5.10. The molecule has 0 amide bonds. The monoisotopic (exact) mass is 276 g/mol. The van der Waals surface area contributed by atoms with Crippen LogP contribution in [0.5, 0.6) is 5.75 Å². The number of aliphatic hydroxyl groups is 2. The fraction of sp³-hybridized carbons (Fsp3) is 0.471. The summed E-state index contributed by atoms with van der Waals surface area (Å²) in [5.74, 6) is 0.193. The number of aromatic hydroxyl groups is 1. The van der Waals surface area contributed by atoms with Gasteiger partial charge in [0.05, 0.1) is 12.2 Å². The Labute approximate surface area is 120 Å². The first-order valence-electron chi connectivity index (χ1n) is 7.11. The van der Waals surface area contributed by atoms with Crippen molar-refractivity contribution in [1.29, 1.82) is 0 Å². The molecule has 0 spiro atoms. The normalized spacial score (nSPS) is 13.4. The topological polar surface area (TPSA) is 60.7 Å². The Kier molecular flexibility index (Phi) is 7.10. The summed E-state index contributed by atoms with van der Waals surface area (Å²) in [6, 6.07) is 6.54. The first-order valence-corrected chi connectivity index (χ1v) is 7.11. The summed E-state index contributed by atoms with van der Waals surface area (Å²) >= 11 is 0. The average Bonchev–Trinajstić information content (AvgIpc) is 2.39. The highest BCUT2D eigenvalue weighted by atomic mass is 16.3. The highest BCUT2D eigenvalue weighted by Gasteiger charge is 2.05. The molecule has 20 heavy (non-hydrogen) atoms. The van der Waals surface area contributed by atoms with Crippen molar-refractivity contribution >= 4 is 0 Å². The van der Waals surface area contributed by atoms with Gasteiger partial charge in [-0.3, -0.25) is 0 Å². The van der Waals surface area contributed by atoms with Crippen LogP contribution < -0.4 is 0 Å². The van der Waals surface area contributed by atoms with Gasteiger partial charge in [-0.2, -0.15) is 0 Å². The van der Waals surface area contributed by atoms with Gasteiger partial charge in [0.1, 0.15) is 5.75 Å². The van der Waals surface area contributed by atoms with Gasteiger partial charge >= 0.3 is 0 Å². The van der Waals surface area contributed by atoms with Crippen LogP contribution in [0.15, 0.2) is 41.6 Å². The largest absolute Gasteiger partial charge is 0.508 e. The van der Waals surface area contributed by atoms with E-state index >= 15 is 0 Å². The van der Waals surface area contributed by atoms with Gasteiger partial charge < -0.3 is 15.3 Å². The van der Waals surface area contributed by atoms with E-state index in [0.717, 1.165) is 24.0 Å². The zero-order chi connectivity index (χ0) is 15.0. The van der Waals surface area contributed by atoms with E-state index in [2.05, 4.69) is 12.7 Å². The highest BCUT2D eigenvalue weighted by molar-refractivity contribution is 5.27. The van der Waals surface area contributed by atoms with Crippen molar-refractivity contribution in [3.05, 3.63) is 47.2 Å². The van der Waals surface area contributed by atoms with Gasteiger partial charge in [-0.25, -0.2) is 0 Å². The average molecular weight is 276 g/mol. The SMILES string of the molecule is CCCC(=C=CC[C@@H](O)c1ccc(O)cc1)C[C@H](C)O. The predicted molar refractivity (Wildman–Crippen MR) is 80.5 cm³/mol. The molecule has 0 bridgehead atoms. The molecule has 110 valence electrons. The van der Waals surface area contributed by atoms with Crippen LogP contribution in [0.1, 0.15) is 51.2 Å². The predicted octanol–water partition coefficient (Wildman–Crippen LogP) is 3.47. The molecule has 0 fully saturated rings. The zero-order valence-electron chi connectivity index (χ0n) is 12.2. The number of phenolic OH excluding ortho intramolecular Hbond substituents is 1. The molecule has 0 saturated carbocycles. The lowest BCUT2D eigenvalue weighted by molar-refractivity contribution is 0.181. The van der Waals surface area contributed by atoms with Crippen LogP contribution in [0.3, 0.4) is 0 Å². The summed E-state index contributed by atoms with van der Waals surface area (Å²) in [4.78, 5) is 0. The van der Waals surface area contributed by atoms with Crippen LogP contribution in [-0.4, -0.2) is 21.4 Å². The van der Waals surface area contributed by atoms with E-state index in [4.69, 9.17) is 0 Å². The third-order valence-electron chi connectivity index (χ3n) is 3.02. The number of hydrogen-bond donors (Lipinski definition) is 3. The Morgan fingerprint density at radius 3 is 2.45 bits per heavy atom. The maximum absolute atomic E-state index is 10.0. The second kappa shape index (κ2) is 8.60. The van der Waals surface area contributed by atoms with Crippen molar-refractivity contribution in [3.8, 4) is 5.75 Å². The van der Waals surface area contributed by atoms with E-state index in [1.54, 1.807) is 31.2 Å². The van der Waals surface area contributed by atoms with Crippen molar-refractivity contribution in [2.75, 3.05) is 0 Å². The van der Waals surface area contributed by atoms with Gasteiger partial charge in [0.15, 0.2) is 0 Å². The molecule has 1 aromatic carbocycles. The van der Waals surface area contributed by atoms with Crippen LogP contribution >= 0.6 is 0 Å². The van der Waals surface area contributed by atoms with E-state index in [0.29, 0.717) is 12.8 Å². The molecule has 0 saturated heterocycles. The van der Waals surface area contributed by atoms with Crippen LogP contribution in [0.25, 0.3) is 0 Å². The lowest BCUT2D eigenvalue weighted by atomic mass is 10.0. The first-order chi connectivity index (χ1) is 9.52. The molecule has 0 aliphatic heterocycles. The summed E-state index contributed by atoms with van der Waals surface area (Å²) in [5.41, 5.74) is 5.04. The number of rotatable bonds is 7. The Balaban J connectivity index is 2.66. The van der Waals surface area contributed by atoms with Crippen LogP contribution in [-0.2, 0) is 0 Å². The Hall–Kier alpha value is -1.54. The van der Waals surface area contributed by atoms with Crippen molar-refractivity contribution in [2.24, 2.45) is 0 Å². The molecule has 0 heterocycles. The lowest BCUT2D eigenvalue weighted by Crippen LogP contribution is -2.00. The molecular weight excluding hydrogens is 252 g/mol. The zero-order valence-corrected chi connectivity index (χ0v) is 12.2. The smallest absolute Gasteiger partial charge is 0.115 e. The lowest BCUT2D eigenvalue weighted by Gasteiger charge is -2.08. The van der Waals surface area contributed by atoms with E-state index < -0.39 is 6.10 Å². The first kappa shape index (κ1) is 16.5. The molecule has 2 atom stereocenters. The molecule has 3 heteroatoms. The minimum Gasteiger partial charge on any atom is -0.508 e. The van der Waals surface area contributed by atoms with Gasteiger partial charge in [-0.05, 0) is 42.7 Å². The Bertz CT molecular complexity index is 454. The van der Waals surface area contributed by atoms with E-state index in [9.17, 15) is 15.3 Å². The van der Waals surface area contributed by atoms with Gasteiger partial charge in [-0.1, -0.05) is 25.5 Å². The number of benzene rings is 1. The second-order valence-electron chi connectivity index (χ2n) is 5.10. The molecule has 0 aliphatic carbocycles. The molecule has 1 rings (SSSR count). The van der Waals surface area contributed by atoms with Crippen LogP contribution in [0.2, 0.25) is 0 Å². The maximum Gasteiger partial charge on any atom is 0.115 e. The molecule has 0 radical (unpaired) electrons. The minimum atomic E-state index is -0.600. The fourth-order valence-corrected chi connectivity index (χ4v) is 2.04. The quantitative estimate of drug-likeness (QED) is 0.668. The number of aliphatic hydroxyl groups excluding tert-OH is 2. The van der Waals surface area contributed by atoms with E-state index in [1.807, 2.05) is 6.08 Å². The third kappa shape index (κ3) is 6.07. The Morgan fingerprint density at radius 1 is 1.25 bits per heavy atom. The molecule has 3 N–H and O–H groups in total. The number of phenols is 1. The van der Waals surface area contributed by atoms with E-state index in [1.165, 1.54) is 0 Å². The maximum atomic E-state index is 10.0. The van der Waals surface area contributed by atoms with Gasteiger partial charge in [0, 0.05) is 12.8 Å². The molecule has 0 unspecified atom stereocenters. The minimum absolute atomic E-state index is 0.193.